The monoisotopic (exact) mass is 329 g/mol. The fraction of sp³-hybridized carbons (Fsp3) is 0.300. The molecule has 1 aromatic heterocycles. The van der Waals surface area contributed by atoms with Gasteiger partial charge in [0.2, 0.25) is 0 Å². The van der Waals surface area contributed by atoms with Crippen LogP contribution in [-0.2, 0) is 29.1 Å². The molecular weight excluding hydrogens is 319 g/mol. The Hall–Kier alpha value is -0.846. The second-order valence-corrected chi connectivity index (χ2v) is 4.60. The molecule has 0 spiro atoms. The maximum absolute atomic E-state index is 11.5. The average molecular weight is 330 g/mol. The van der Waals surface area contributed by atoms with Crippen LogP contribution in [0.25, 0.3) is 0 Å². The third-order valence-corrected chi connectivity index (χ3v) is 2.88. The van der Waals surface area contributed by atoms with Gasteiger partial charge in [0, 0.05) is 22.6 Å². The molecule has 1 aromatic rings. The Labute approximate surface area is 124 Å². The van der Waals surface area contributed by atoms with Crippen molar-refractivity contribution in [3.63, 3.8) is 0 Å². The minimum absolute atomic E-state index is 0. The Morgan fingerprint density at radius 3 is 2.61 bits per heavy atom. The van der Waals surface area contributed by atoms with Gasteiger partial charge in [0.15, 0.2) is 0 Å². The van der Waals surface area contributed by atoms with Crippen LogP contribution in [0.15, 0.2) is 25.5 Å². The first kappa shape index (κ1) is 17.2. The molecule has 0 atom stereocenters. The minimum Gasteiger partial charge on any atom is -0.752 e. The molecule has 1 N–H and O–H groups in total. The van der Waals surface area contributed by atoms with E-state index in [2.05, 4.69) is 10.2 Å². The second-order valence-electron chi connectivity index (χ2n) is 3.16. The van der Waals surface area contributed by atoms with Crippen molar-refractivity contribution in [2.45, 2.75) is 13.8 Å². The van der Waals surface area contributed by atoms with E-state index in [1.54, 1.807) is 20.1 Å². The Bertz CT molecular complexity index is 540. The Morgan fingerprint density at radius 2 is 2.11 bits per heavy atom. The molecule has 0 aromatic carbocycles. The molecule has 102 valence electrons. The first-order valence-corrected chi connectivity index (χ1v) is 6.26. The summed E-state index contributed by atoms with van der Waals surface area (Å²) in [5.41, 5.74) is -0.384. The first-order chi connectivity index (χ1) is 7.95. The van der Waals surface area contributed by atoms with Crippen molar-refractivity contribution >= 4 is 34.5 Å². The van der Waals surface area contributed by atoms with E-state index in [1.165, 1.54) is 17.8 Å². The van der Waals surface area contributed by atoms with Gasteiger partial charge < -0.3 is 22.2 Å². The molecule has 0 amide bonds. The summed E-state index contributed by atoms with van der Waals surface area (Å²) >= 11 is 6.10. The molecule has 1 rings (SSSR count). The van der Waals surface area contributed by atoms with Gasteiger partial charge in [-0.2, -0.15) is 10.2 Å². The zero-order valence-corrected chi connectivity index (χ0v) is 12.5. The summed E-state index contributed by atoms with van der Waals surface area (Å²) in [5, 5.41) is 17.1. The summed E-state index contributed by atoms with van der Waals surface area (Å²) in [7, 11) is 0. The molecule has 0 fully saturated rings. The molecule has 0 radical (unpaired) electrons. The van der Waals surface area contributed by atoms with Gasteiger partial charge >= 0.3 is 5.63 Å². The zero-order chi connectivity index (χ0) is 13.0. The molecule has 0 unspecified atom stereocenters. The average Bonchev–Trinajstić information content (AvgIpc) is 2.24. The van der Waals surface area contributed by atoms with Crippen molar-refractivity contribution in [3.8, 4) is 5.75 Å². The smallest absolute Gasteiger partial charge is 0.348 e. The molecule has 5 nitrogen and oxygen atoms in total. The first-order valence-electron chi connectivity index (χ1n) is 4.63. The SMILES string of the molecule is CS/C([S-])=N/N=C(\C)c1c(O)cc(C)oc1=O.[Ni]. The van der Waals surface area contributed by atoms with Crippen molar-refractivity contribution in [1.82, 2.24) is 0 Å². The minimum atomic E-state index is -0.644. The van der Waals surface area contributed by atoms with E-state index in [4.69, 9.17) is 17.0 Å². The second kappa shape index (κ2) is 7.56. The third-order valence-electron chi connectivity index (χ3n) is 1.87. The molecule has 1 heterocycles. The van der Waals surface area contributed by atoms with Gasteiger partial charge in [-0.25, -0.2) is 4.79 Å². The number of aryl methyl sites for hydroxylation is 1. The van der Waals surface area contributed by atoms with Crippen LogP contribution in [0.3, 0.4) is 0 Å². The summed E-state index contributed by atoms with van der Waals surface area (Å²) in [6, 6.07) is 1.35. The van der Waals surface area contributed by atoms with Gasteiger partial charge in [0.05, 0.1) is 5.71 Å². The summed E-state index contributed by atoms with van der Waals surface area (Å²) in [5.74, 6) is 0.158. The maximum Gasteiger partial charge on any atom is 0.348 e. The van der Waals surface area contributed by atoms with Gasteiger partial charge in [-0.05, 0) is 24.5 Å². The van der Waals surface area contributed by atoms with Gasteiger partial charge in [-0.1, -0.05) is 0 Å². The largest absolute Gasteiger partial charge is 0.752 e. The van der Waals surface area contributed by atoms with E-state index in [0.29, 0.717) is 10.1 Å². The summed E-state index contributed by atoms with van der Waals surface area (Å²) in [6.45, 7) is 3.12. The predicted molar refractivity (Wildman–Crippen MR) is 71.9 cm³/mol. The van der Waals surface area contributed by atoms with Gasteiger partial charge in [0.1, 0.15) is 17.1 Å². The van der Waals surface area contributed by atoms with Crippen molar-refractivity contribution < 1.29 is 26.0 Å². The van der Waals surface area contributed by atoms with Crippen molar-refractivity contribution in [3.05, 3.63) is 27.8 Å². The number of aromatic hydroxyl groups is 1. The molecule has 0 aliphatic rings. The molecule has 0 saturated heterocycles. The van der Waals surface area contributed by atoms with Gasteiger partial charge in [-0.15, -0.1) is 11.8 Å². The molecule has 8 heteroatoms. The van der Waals surface area contributed by atoms with E-state index >= 15 is 0 Å². The summed E-state index contributed by atoms with van der Waals surface area (Å²) < 4.78 is 5.21. The van der Waals surface area contributed by atoms with Crippen LogP contribution >= 0.6 is 11.8 Å². The molecule has 0 aliphatic heterocycles. The molecule has 0 bridgehead atoms. The fourth-order valence-corrected chi connectivity index (χ4v) is 1.30. The van der Waals surface area contributed by atoms with Gasteiger partial charge in [0.25, 0.3) is 0 Å². The van der Waals surface area contributed by atoms with Crippen molar-refractivity contribution in [2.75, 3.05) is 6.26 Å². The number of hydrogen-bond acceptors (Lipinski definition) is 7. The zero-order valence-electron chi connectivity index (χ0n) is 9.87. The molecule has 18 heavy (non-hydrogen) atoms. The van der Waals surface area contributed by atoms with E-state index in [0.717, 1.165) is 0 Å². The van der Waals surface area contributed by atoms with E-state index < -0.39 is 5.63 Å². The topological polar surface area (TPSA) is 75.2 Å². The van der Waals surface area contributed by atoms with Gasteiger partial charge in [-0.3, -0.25) is 0 Å². The van der Waals surface area contributed by atoms with Crippen LogP contribution in [0.1, 0.15) is 18.2 Å². The molecule has 0 saturated carbocycles. The summed E-state index contributed by atoms with van der Waals surface area (Å²) in [6.07, 6.45) is 1.77. The van der Waals surface area contributed by atoms with E-state index in [1.807, 2.05) is 0 Å². The molecule has 0 aliphatic carbocycles. The Morgan fingerprint density at radius 1 is 1.50 bits per heavy atom. The number of nitrogens with zero attached hydrogens (tertiary/aromatic N) is 2. The van der Waals surface area contributed by atoms with E-state index in [-0.39, 0.29) is 33.5 Å². The molecular formula is C10H11N2NiO3S2-. The van der Waals surface area contributed by atoms with Crippen LogP contribution < -0.4 is 5.63 Å². The van der Waals surface area contributed by atoms with Crippen molar-refractivity contribution in [1.29, 1.82) is 0 Å². The number of hydrogen-bond donors (Lipinski definition) is 1. The Kier molecular flexibility index (Phi) is 7.20. The van der Waals surface area contributed by atoms with Crippen LogP contribution in [0, 0.1) is 6.92 Å². The summed E-state index contributed by atoms with van der Waals surface area (Å²) in [4.78, 5) is 11.5. The maximum atomic E-state index is 11.5. The number of thioether (sulfide) groups is 1. The normalized spacial score (nSPS) is 12.2. The fourth-order valence-electron chi connectivity index (χ4n) is 1.14. The Balaban J connectivity index is 0.00000289. The third kappa shape index (κ3) is 4.44. The van der Waals surface area contributed by atoms with Crippen LogP contribution in [0.4, 0.5) is 0 Å². The van der Waals surface area contributed by atoms with Crippen LogP contribution in [0.2, 0.25) is 0 Å². The van der Waals surface area contributed by atoms with E-state index in [9.17, 15) is 9.90 Å². The van der Waals surface area contributed by atoms with Crippen LogP contribution in [0.5, 0.6) is 5.75 Å². The quantitative estimate of drug-likeness (QED) is 0.293. The predicted octanol–water partition coefficient (Wildman–Crippen LogP) is 1.64. The number of rotatable bonds is 2. The standard InChI is InChI=1S/C10H12N2O3S2.Ni/c1-5-4-7(13)8(9(14)15-5)6(2)11-12-10(16)17-3;/h4,13H,1-3H3,(H,12,16);/p-1/b11-6+;. The van der Waals surface area contributed by atoms with Crippen molar-refractivity contribution in [2.24, 2.45) is 10.2 Å². The van der Waals surface area contributed by atoms with Crippen LogP contribution in [-0.4, -0.2) is 21.4 Å².